The quantitative estimate of drug-likeness (QED) is 0.764. The van der Waals surface area contributed by atoms with E-state index in [9.17, 15) is 4.79 Å². The number of likely N-dealkylation sites (N-methyl/N-ethyl adjacent to an activating group) is 1. The van der Waals surface area contributed by atoms with Gasteiger partial charge in [-0.1, -0.05) is 6.07 Å². The molecule has 1 fully saturated rings. The molecule has 0 saturated carbocycles. The van der Waals surface area contributed by atoms with E-state index in [1.165, 1.54) is 0 Å². The lowest BCUT2D eigenvalue weighted by atomic mass is 10.1. The monoisotopic (exact) mass is 322 g/mol. The Kier molecular flexibility index (Phi) is 6.83. The summed E-state index contributed by atoms with van der Waals surface area (Å²) in [5.41, 5.74) is 7.09. The SMILES string of the molecule is Cc1ccc(C(=O)N(C)C[C@H]2COCCO2)cc1OCCCN. The van der Waals surface area contributed by atoms with Crippen LogP contribution in [0.2, 0.25) is 0 Å². The zero-order valence-electron chi connectivity index (χ0n) is 13.9. The summed E-state index contributed by atoms with van der Waals surface area (Å²) in [6.45, 7) is 5.34. The summed E-state index contributed by atoms with van der Waals surface area (Å²) in [5.74, 6) is 0.679. The van der Waals surface area contributed by atoms with E-state index in [0.717, 1.165) is 17.7 Å². The Labute approximate surface area is 137 Å². The van der Waals surface area contributed by atoms with E-state index in [0.29, 0.717) is 45.1 Å². The number of nitrogens with two attached hydrogens (primary N) is 1. The number of amides is 1. The fourth-order valence-electron chi connectivity index (χ4n) is 2.40. The molecule has 23 heavy (non-hydrogen) atoms. The minimum absolute atomic E-state index is 0.0529. The molecule has 128 valence electrons. The fourth-order valence-corrected chi connectivity index (χ4v) is 2.40. The maximum Gasteiger partial charge on any atom is 0.253 e. The summed E-state index contributed by atoms with van der Waals surface area (Å²) in [5, 5.41) is 0. The molecular weight excluding hydrogens is 296 g/mol. The minimum Gasteiger partial charge on any atom is -0.493 e. The summed E-state index contributed by atoms with van der Waals surface area (Å²) in [4.78, 5) is 14.2. The van der Waals surface area contributed by atoms with Gasteiger partial charge in [-0.3, -0.25) is 4.79 Å². The van der Waals surface area contributed by atoms with Crippen LogP contribution >= 0.6 is 0 Å². The largest absolute Gasteiger partial charge is 0.493 e. The van der Waals surface area contributed by atoms with Gasteiger partial charge in [0.2, 0.25) is 0 Å². The molecule has 1 aromatic rings. The highest BCUT2D eigenvalue weighted by atomic mass is 16.6. The molecule has 0 unspecified atom stereocenters. The van der Waals surface area contributed by atoms with E-state index in [-0.39, 0.29) is 12.0 Å². The molecule has 0 aliphatic carbocycles. The zero-order chi connectivity index (χ0) is 16.7. The molecule has 1 heterocycles. The van der Waals surface area contributed by atoms with Gasteiger partial charge in [-0.15, -0.1) is 0 Å². The summed E-state index contributed by atoms with van der Waals surface area (Å²) in [6, 6.07) is 5.52. The summed E-state index contributed by atoms with van der Waals surface area (Å²) >= 11 is 0. The number of carbonyl (C=O) groups excluding carboxylic acids is 1. The van der Waals surface area contributed by atoms with Crippen LogP contribution in [0.1, 0.15) is 22.3 Å². The number of hydrogen-bond acceptors (Lipinski definition) is 5. The van der Waals surface area contributed by atoms with Crippen molar-refractivity contribution in [1.29, 1.82) is 0 Å². The maximum absolute atomic E-state index is 12.6. The molecule has 2 rings (SSSR count). The van der Waals surface area contributed by atoms with Crippen molar-refractivity contribution < 1.29 is 19.0 Å². The highest BCUT2D eigenvalue weighted by Gasteiger charge is 2.20. The molecule has 0 aromatic heterocycles. The van der Waals surface area contributed by atoms with Crippen molar-refractivity contribution in [3.8, 4) is 5.75 Å². The van der Waals surface area contributed by atoms with E-state index < -0.39 is 0 Å². The van der Waals surface area contributed by atoms with Gasteiger partial charge in [0.25, 0.3) is 5.91 Å². The highest BCUT2D eigenvalue weighted by molar-refractivity contribution is 5.94. The van der Waals surface area contributed by atoms with E-state index in [4.69, 9.17) is 19.9 Å². The van der Waals surface area contributed by atoms with Crippen molar-refractivity contribution >= 4 is 5.91 Å². The van der Waals surface area contributed by atoms with Crippen molar-refractivity contribution in [1.82, 2.24) is 4.90 Å². The number of ether oxygens (including phenoxy) is 3. The zero-order valence-corrected chi connectivity index (χ0v) is 13.9. The van der Waals surface area contributed by atoms with Gasteiger partial charge in [-0.05, 0) is 37.6 Å². The Bertz CT molecular complexity index is 515. The third kappa shape index (κ3) is 5.20. The van der Waals surface area contributed by atoms with E-state index in [2.05, 4.69) is 0 Å². The van der Waals surface area contributed by atoms with Crippen LogP contribution in [-0.4, -0.2) is 63.5 Å². The van der Waals surface area contributed by atoms with Crippen LogP contribution < -0.4 is 10.5 Å². The summed E-state index contributed by atoms with van der Waals surface area (Å²) in [6.07, 6.45) is 0.722. The third-order valence-electron chi connectivity index (χ3n) is 3.75. The second-order valence-electron chi connectivity index (χ2n) is 5.72. The predicted molar refractivity (Wildman–Crippen MR) is 87.9 cm³/mol. The van der Waals surface area contributed by atoms with Gasteiger partial charge in [-0.2, -0.15) is 0 Å². The Hall–Kier alpha value is -1.63. The van der Waals surface area contributed by atoms with E-state index >= 15 is 0 Å². The number of aryl methyl sites for hydroxylation is 1. The lowest BCUT2D eigenvalue weighted by molar-refractivity contribution is -0.0933. The molecule has 1 amide bonds. The normalized spacial score (nSPS) is 17.8. The molecule has 0 bridgehead atoms. The standard InChI is InChI=1S/C17H26N2O4/c1-13-4-5-14(10-16(13)23-7-3-6-18)17(20)19(2)11-15-12-21-8-9-22-15/h4-5,10,15H,3,6-9,11-12,18H2,1-2H3/t15-/m0/s1. The molecule has 1 aliphatic heterocycles. The fraction of sp³-hybridized carbons (Fsp3) is 0.588. The number of nitrogens with zero attached hydrogens (tertiary/aromatic N) is 1. The number of rotatable bonds is 7. The average molecular weight is 322 g/mol. The van der Waals surface area contributed by atoms with Crippen LogP contribution in [0.3, 0.4) is 0 Å². The molecule has 1 saturated heterocycles. The lowest BCUT2D eigenvalue weighted by Crippen LogP contribution is -2.40. The summed E-state index contributed by atoms with van der Waals surface area (Å²) in [7, 11) is 1.77. The van der Waals surface area contributed by atoms with Crippen LogP contribution in [0.15, 0.2) is 18.2 Å². The van der Waals surface area contributed by atoms with Crippen molar-refractivity contribution in [3.63, 3.8) is 0 Å². The van der Waals surface area contributed by atoms with Gasteiger partial charge in [-0.25, -0.2) is 0 Å². The predicted octanol–water partition coefficient (Wildman–Crippen LogP) is 1.21. The Balaban J connectivity index is 1.98. The van der Waals surface area contributed by atoms with Gasteiger partial charge >= 0.3 is 0 Å². The van der Waals surface area contributed by atoms with Crippen LogP contribution in [-0.2, 0) is 9.47 Å². The van der Waals surface area contributed by atoms with Crippen LogP contribution in [0.25, 0.3) is 0 Å². The van der Waals surface area contributed by atoms with E-state index in [1.54, 1.807) is 18.0 Å². The molecule has 2 N–H and O–H groups in total. The molecular formula is C17H26N2O4. The van der Waals surface area contributed by atoms with Crippen LogP contribution in [0, 0.1) is 6.92 Å². The second-order valence-corrected chi connectivity index (χ2v) is 5.72. The average Bonchev–Trinajstić information content (AvgIpc) is 2.57. The molecule has 0 radical (unpaired) electrons. The van der Waals surface area contributed by atoms with Crippen LogP contribution in [0.4, 0.5) is 0 Å². The van der Waals surface area contributed by atoms with Crippen molar-refractivity contribution in [2.45, 2.75) is 19.4 Å². The smallest absolute Gasteiger partial charge is 0.253 e. The first-order valence-corrected chi connectivity index (χ1v) is 8.00. The molecule has 6 nitrogen and oxygen atoms in total. The van der Waals surface area contributed by atoms with Crippen LogP contribution in [0.5, 0.6) is 5.75 Å². The molecule has 0 spiro atoms. The van der Waals surface area contributed by atoms with Gasteiger partial charge in [0.05, 0.1) is 32.5 Å². The van der Waals surface area contributed by atoms with E-state index in [1.807, 2.05) is 19.1 Å². The minimum atomic E-state index is -0.0663. The number of carbonyl (C=O) groups is 1. The number of hydrogen-bond donors (Lipinski definition) is 1. The number of benzene rings is 1. The Morgan fingerprint density at radius 3 is 2.96 bits per heavy atom. The lowest BCUT2D eigenvalue weighted by Gasteiger charge is -2.27. The Morgan fingerprint density at radius 2 is 2.26 bits per heavy atom. The topological polar surface area (TPSA) is 74.0 Å². The second kappa shape index (κ2) is 8.86. The van der Waals surface area contributed by atoms with Gasteiger partial charge < -0.3 is 24.8 Å². The van der Waals surface area contributed by atoms with Crippen molar-refractivity contribution in [3.05, 3.63) is 29.3 Å². The molecule has 1 aromatic carbocycles. The first-order chi connectivity index (χ1) is 11.1. The first kappa shape index (κ1) is 17.7. The molecule has 6 heteroatoms. The van der Waals surface area contributed by atoms with Crippen molar-refractivity contribution in [2.24, 2.45) is 5.73 Å². The summed E-state index contributed by atoms with van der Waals surface area (Å²) < 4.78 is 16.7. The highest BCUT2D eigenvalue weighted by Crippen LogP contribution is 2.21. The van der Waals surface area contributed by atoms with Crippen molar-refractivity contribution in [2.75, 3.05) is 46.6 Å². The Morgan fingerprint density at radius 1 is 1.43 bits per heavy atom. The maximum atomic E-state index is 12.6. The third-order valence-corrected chi connectivity index (χ3v) is 3.75. The van der Waals surface area contributed by atoms with Gasteiger partial charge in [0, 0.05) is 19.2 Å². The first-order valence-electron chi connectivity index (χ1n) is 8.00. The van der Waals surface area contributed by atoms with Gasteiger partial charge in [0.15, 0.2) is 0 Å². The molecule has 1 aliphatic rings. The molecule has 1 atom stereocenters. The van der Waals surface area contributed by atoms with Gasteiger partial charge in [0.1, 0.15) is 5.75 Å².